The Labute approximate surface area is 86.4 Å². The molecule has 15 heavy (non-hydrogen) atoms. The summed E-state index contributed by atoms with van der Waals surface area (Å²) in [5, 5.41) is 26.9. The fourth-order valence-corrected chi connectivity index (χ4v) is 1.47. The number of fused-ring (bicyclic) bond motifs is 1. The second kappa shape index (κ2) is 3.39. The normalized spacial score (nSPS) is 10.3. The molecule has 0 aliphatic heterocycles. The first-order valence-electron chi connectivity index (χ1n) is 4.37. The van der Waals surface area contributed by atoms with Crippen molar-refractivity contribution in [3.05, 3.63) is 29.7 Å². The third kappa shape index (κ3) is 1.58. The largest absolute Gasteiger partial charge is 0.489 e. The minimum atomic E-state index is -1.58. The molecule has 0 fully saturated rings. The highest BCUT2D eigenvalue weighted by atomic mass is 16.4. The zero-order valence-corrected chi connectivity index (χ0v) is 8.05. The smallest absolute Gasteiger partial charge is 0.423 e. The van der Waals surface area contributed by atoms with Gasteiger partial charge in [0.25, 0.3) is 0 Å². The SMILES string of the molecule is Cc1cn2cc(B(O)O)cc(C#N)c2n1. The van der Waals surface area contributed by atoms with Gasteiger partial charge < -0.3 is 14.4 Å². The van der Waals surface area contributed by atoms with Crippen molar-refractivity contribution in [2.45, 2.75) is 6.92 Å². The minimum absolute atomic E-state index is 0.274. The molecule has 0 amide bonds. The van der Waals surface area contributed by atoms with Crippen LogP contribution in [0.1, 0.15) is 11.3 Å². The van der Waals surface area contributed by atoms with Crippen molar-refractivity contribution >= 4 is 18.2 Å². The van der Waals surface area contributed by atoms with Crippen LogP contribution in [0.15, 0.2) is 18.5 Å². The number of imidazole rings is 1. The van der Waals surface area contributed by atoms with Gasteiger partial charge in [0.05, 0.1) is 11.3 Å². The maximum atomic E-state index is 9.02. The summed E-state index contributed by atoms with van der Waals surface area (Å²) >= 11 is 0. The molecule has 0 atom stereocenters. The van der Waals surface area contributed by atoms with Crippen LogP contribution in [0.4, 0.5) is 0 Å². The molecule has 2 aromatic heterocycles. The number of rotatable bonds is 1. The molecule has 5 nitrogen and oxygen atoms in total. The van der Waals surface area contributed by atoms with E-state index in [1.807, 2.05) is 13.0 Å². The van der Waals surface area contributed by atoms with Gasteiger partial charge in [-0.15, -0.1) is 0 Å². The van der Waals surface area contributed by atoms with Crippen molar-refractivity contribution in [3.8, 4) is 6.07 Å². The van der Waals surface area contributed by atoms with Crippen molar-refractivity contribution in [2.75, 3.05) is 0 Å². The second-order valence-corrected chi connectivity index (χ2v) is 3.29. The number of hydrogen-bond donors (Lipinski definition) is 2. The Morgan fingerprint density at radius 3 is 2.80 bits per heavy atom. The van der Waals surface area contributed by atoms with Gasteiger partial charge in [-0.1, -0.05) is 0 Å². The van der Waals surface area contributed by atoms with Crippen LogP contribution in [0.2, 0.25) is 0 Å². The second-order valence-electron chi connectivity index (χ2n) is 3.29. The van der Waals surface area contributed by atoms with E-state index in [9.17, 15) is 0 Å². The first kappa shape index (κ1) is 9.71. The lowest BCUT2D eigenvalue weighted by Crippen LogP contribution is -2.31. The lowest BCUT2D eigenvalue weighted by Gasteiger charge is -2.01. The summed E-state index contributed by atoms with van der Waals surface area (Å²) in [7, 11) is -1.58. The average molecular weight is 201 g/mol. The van der Waals surface area contributed by atoms with Crippen molar-refractivity contribution in [2.24, 2.45) is 0 Å². The summed E-state index contributed by atoms with van der Waals surface area (Å²) in [5.74, 6) is 0. The van der Waals surface area contributed by atoms with Crippen LogP contribution in [0.5, 0.6) is 0 Å². The Hall–Kier alpha value is -1.84. The van der Waals surface area contributed by atoms with Gasteiger partial charge in [0.1, 0.15) is 6.07 Å². The number of aromatic nitrogens is 2. The molecule has 2 N–H and O–H groups in total. The van der Waals surface area contributed by atoms with Gasteiger partial charge in [0, 0.05) is 17.9 Å². The van der Waals surface area contributed by atoms with Crippen LogP contribution in [0, 0.1) is 18.3 Å². The topological polar surface area (TPSA) is 81.5 Å². The van der Waals surface area contributed by atoms with Gasteiger partial charge in [-0.25, -0.2) is 4.98 Å². The predicted molar refractivity (Wildman–Crippen MR) is 54.5 cm³/mol. The Bertz CT molecular complexity index is 556. The molecular weight excluding hydrogens is 193 g/mol. The molecule has 0 radical (unpaired) electrons. The van der Waals surface area contributed by atoms with E-state index in [2.05, 4.69) is 4.98 Å². The van der Waals surface area contributed by atoms with E-state index in [0.29, 0.717) is 11.2 Å². The number of nitriles is 1. The number of pyridine rings is 1. The number of nitrogens with zero attached hydrogens (tertiary/aromatic N) is 3. The van der Waals surface area contributed by atoms with Gasteiger partial charge in [0.15, 0.2) is 5.65 Å². The van der Waals surface area contributed by atoms with E-state index >= 15 is 0 Å². The van der Waals surface area contributed by atoms with Gasteiger partial charge in [-0.2, -0.15) is 5.26 Å². The van der Waals surface area contributed by atoms with E-state index in [-0.39, 0.29) is 5.46 Å². The Morgan fingerprint density at radius 1 is 1.47 bits per heavy atom. The lowest BCUT2D eigenvalue weighted by atomic mass is 9.81. The first-order valence-corrected chi connectivity index (χ1v) is 4.37. The standard InChI is InChI=1S/C9H8BN3O2/c1-6-4-13-5-8(10(14)15)2-7(3-11)9(13)12-6/h2,4-5,14-15H,1H3. The third-order valence-electron chi connectivity index (χ3n) is 2.11. The molecule has 0 saturated heterocycles. The summed E-state index contributed by atoms with van der Waals surface area (Å²) < 4.78 is 1.61. The highest BCUT2D eigenvalue weighted by Gasteiger charge is 2.15. The number of hydrogen-bond acceptors (Lipinski definition) is 4. The zero-order chi connectivity index (χ0) is 11.0. The fourth-order valence-electron chi connectivity index (χ4n) is 1.47. The van der Waals surface area contributed by atoms with Crippen molar-refractivity contribution in [3.63, 3.8) is 0 Å². The molecule has 0 bridgehead atoms. The monoisotopic (exact) mass is 201 g/mol. The third-order valence-corrected chi connectivity index (χ3v) is 2.11. The molecule has 2 rings (SSSR count). The van der Waals surface area contributed by atoms with Crippen LogP contribution in [0.25, 0.3) is 5.65 Å². The molecule has 2 aromatic rings. The Morgan fingerprint density at radius 2 is 2.20 bits per heavy atom. The fraction of sp³-hybridized carbons (Fsp3) is 0.111. The quantitative estimate of drug-likeness (QED) is 0.591. The first-order chi connectivity index (χ1) is 7.11. The van der Waals surface area contributed by atoms with E-state index < -0.39 is 7.12 Å². The Balaban J connectivity index is 2.77. The summed E-state index contributed by atoms with van der Waals surface area (Å²) in [5.41, 5.74) is 1.90. The van der Waals surface area contributed by atoms with E-state index in [4.69, 9.17) is 15.3 Å². The van der Waals surface area contributed by atoms with Gasteiger partial charge in [0.2, 0.25) is 0 Å². The van der Waals surface area contributed by atoms with Crippen molar-refractivity contribution in [1.29, 1.82) is 5.26 Å². The molecule has 0 spiro atoms. The van der Waals surface area contributed by atoms with Crippen molar-refractivity contribution < 1.29 is 10.0 Å². The minimum Gasteiger partial charge on any atom is -0.423 e. The van der Waals surface area contributed by atoms with Crippen LogP contribution >= 0.6 is 0 Å². The zero-order valence-electron chi connectivity index (χ0n) is 8.05. The maximum absolute atomic E-state index is 9.02. The molecular formula is C9H8BN3O2. The maximum Gasteiger partial charge on any atom is 0.489 e. The molecule has 0 aliphatic rings. The highest BCUT2D eigenvalue weighted by molar-refractivity contribution is 6.58. The molecule has 0 saturated carbocycles. The van der Waals surface area contributed by atoms with Crippen LogP contribution < -0.4 is 5.46 Å². The van der Waals surface area contributed by atoms with Crippen molar-refractivity contribution in [1.82, 2.24) is 9.38 Å². The summed E-state index contributed by atoms with van der Waals surface area (Å²) in [6.45, 7) is 1.81. The molecule has 0 aliphatic carbocycles. The van der Waals surface area contributed by atoms with Crippen LogP contribution in [-0.4, -0.2) is 26.6 Å². The predicted octanol–water partition coefficient (Wildman–Crippen LogP) is -0.806. The van der Waals surface area contributed by atoms with Gasteiger partial charge in [-0.05, 0) is 13.0 Å². The molecule has 0 aromatic carbocycles. The van der Waals surface area contributed by atoms with E-state index in [1.54, 1.807) is 16.8 Å². The molecule has 74 valence electrons. The van der Waals surface area contributed by atoms with Gasteiger partial charge >= 0.3 is 7.12 Å². The summed E-state index contributed by atoms with van der Waals surface area (Å²) in [6, 6.07) is 3.40. The van der Waals surface area contributed by atoms with Gasteiger partial charge in [-0.3, -0.25) is 0 Å². The molecule has 2 heterocycles. The van der Waals surface area contributed by atoms with E-state index in [1.165, 1.54) is 6.07 Å². The van der Waals surface area contributed by atoms with Crippen LogP contribution in [0.3, 0.4) is 0 Å². The molecule has 0 unspecified atom stereocenters. The highest BCUT2D eigenvalue weighted by Crippen LogP contribution is 2.08. The number of aryl methyl sites for hydroxylation is 1. The molecule has 6 heteroatoms. The Kier molecular flexibility index (Phi) is 2.19. The van der Waals surface area contributed by atoms with E-state index in [0.717, 1.165) is 5.69 Å². The lowest BCUT2D eigenvalue weighted by molar-refractivity contribution is 0.425. The van der Waals surface area contributed by atoms with Crippen LogP contribution in [-0.2, 0) is 0 Å². The summed E-state index contributed by atoms with van der Waals surface area (Å²) in [6.07, 6.45) is 3.27. The summed E-state index contributed by atoms with van der Waals surface area (Å²) in [4.78, 5) is 4.16. The average Bonchev–Trinajstić information content (AvgIpc) is 2.56.